The Morgan fingerprint density at radius 2 is 1.68 bits per heavy atom. The number of methoxy groups -OCH3 is 1. The van der Waals surface area contributed by atoms with Gasteiger partial charge in [-0.1, -0.05) is 35.9 Å². The van der Waals surface area contributed by atoms with Crippen molar-refractivity contribution < 1.29 is 19.1 Å². The second-order valence-electron chi connectivity index (χ2n) is 4.65. The van der Waals surface area contributed by atoms with E-state index in [1.54, 1.807) is 49.4 Å². The zero-order valence-electron chi connectivity index (χ0n) is 12.2. The number of carbonyl (C=O) groups excluding carboxylic acids is 2. The van der Waals surface area contributed by atoms with Crippen LogP contribution in [0.3, 0.4) is 0 Å². The molecule has 0 aromatic heterocycles. The fourth-order valence-corrected chi connectivity index (χ4v) is 2.08. The molecule has 0 aliphatic heterocycles. The van der Waals surface area contributed by atoms with Crippen LogP contribution in [0.2, 0.25) is 5.02 Å². The zero-order chi connectivity index (χ0) is 16.1. The largest absolute Gasteiger partial charge is 0.470 e. The Balaban J connectivity index is 2.30. The van der Waals surface area contributed by atoms with Gasteiger partial charge < -0.3 is 9.47 Å². The van der Waals surface area contributed by atoms with Crippen LogP contribution in [0.25, 0.3) is 0 Å². The Bertz CT molecular complexity index is 679. The highest BCUT2D eigenvalue weighted by molar-refractivity contribution is 6.30. The highest BCUT2D eigenvalue weighted by atomic mass is 35.5. The number of aryl methyl sites for hydroxylation is 1. The highest BCUT2D eigenvalue weighted by Crippen LogP contribution is 2.19. The molecule has 22 heavy (non-hydrogen) atoms. The molecule has 0 amide bonds. The third-order valence-electron chi connectivity index (χ3n) is 3.13. The summed E-state index contributed by atoms with van der Waals surface area (Å²) in [6.07, 6.45) is -1.35. The van der Waals surface area contributed by atoms with Gasteiger partial charge in [0, 0.05) is 10.6 Å². The Morgan fingerprint density at radius 1 is 1.05 bits per heavy atom. The van der Waals surface area contributed by atoms with Gasteiger partial charge >= 0.3 is 5.97 Å². The fraction of sp³-hybridized carbons (Fsp3) is 0.176. The first-order chi connectivity index (χ1) is 10.5. The van der Waals surface area contributed by atoms with E-state index in [-0.39, 0.29) is 0 Å². The van der Waals surface area contributed by atoms with Gasteiger partial charge in [-0.15, -0.1) is 0 Å². The fourth-order valence-electron chi connectivity index (χ4n) is 1.96. The molecular weight excluding hydrogens is 304 g/mol. The van der Waals surface area contributed by atoms with Crippen molar-refractivity contribution in [2.75, 3.05) is 7.11 Å². The molecule has 5 heteroatoms. The normalized spacial score (nSPS) is 11.6. The molecule has 0 aliphatic rings. The molecule has 0 heterocycles. The SMILES string of the molecule is COC(=O)C(Oc1ccc(Cl)cc1)C(=O)c1ccccc1C. The van der Waals surface area contributed by atoms with Crippen molar-refractivity contribution in [1.82, 2.24) is 0 Å². The van der Waals surface area contributed by atoms with Gasteiger partial charge in [0.05, 0.1) is 7.11 Å². The molecule has 2 rings (SSSR count). The summed E-state index contributed by atoms with van der Waals surface area (Å²) in [5.41, 5.74) is 1.19. The summed E-state index contributed by atoms with van der Waals surface area (Å²) in [7, 11) is 1.21. The number of hydrogen-bond donors (Lipinski definition) is 0. The van der Waals surface area contributed by atoms with E-state index < -0.39 is 17.9 Å². The van der Waals surface area contributed by atoms with Gasteiger partial charge in [0.2, 0.25) is 5.78 Å². The van der Waals surface area contributed by atoms with Gasteiger partial charge in [-0.3, -0.25) is 4.79 Å². The number of hydrogen-bond acceptors (Lipinski definition) is 4. The van der Waals surface area contributed by atoms with Crippen LogP contribution in [0.4, 0.5) is 0 Å². The van der Waals surface area contributed by atoms with Gasteiger partial charge in [-0.2, -0.15) is 0 Å². The maximum absolute atomic E-state index is 12.6. The van der Waals surface area contributed by atoms with Crippen LogP contribution in [0, 0.1) is 6.92 Å². The van der Waals surface area contributed by atoms with Crippen LogP contribution in [0.5, 0.6) is 5.75 Å². The van der Waals surface area contributed by atoms with Crippen molar-refractivity contribution in [1.29, 1.82) is 0 Å². The Morgan fingerprint density at radius 3 is 2.27 bits per heavy atom. The first-order valence-electron chi connectivity index (χ1n) is 6.63. The topological polar surface area (TPSA) is 52.6 Å². The summed E-state index contributed by atoms with van der Waals surface area (Å²) in [5.74, 6) is -0.829. The van der Waals surface area contributed by atoms with Crippen molar-refractivity contribution in [3.63, 3.8) is 0 Å². The lowest BCUT2D eigenvalue weighted by Gasteiger charge is -2.17. The highest BCUT2D eigenvalue weighted by Gasteiger charge is 2.31. The molecular formula is C17H15ClO4. The van der Waals surface area contributed by atoms with Crippen LogP contribution in [0.1, 0.15) is 15.9 Å². The first kappa shape index (κ1) is 16.0. The van der Waals surface area contributed by atoms with E-state index in [0.717, 1.165) is 5.56 Å². The Hall–Kier alpha value is -2.33. The molecule has 0 bridgehead atoms. The quantitative estimate of drug-likeness (QED) is 0.481. The van der Waals surface area contributed by atoms with Crippen LogP contribution >= 0.6 is 11.6 Å². The molecule has 0 spiro atoms. The average molecular weight is 319 g/mol. The summed E-state index contributed by atoms with van der Waals surface area (Å²) >= 11 is 5.80. The summed E-state index contributed by atoms with van der Waals surface area (Å²) in [6, 6.07) is 13.4. The lowest BCUT2D eigenvalue weighted by molar-refractivity contribution is -0.146. The molecule has 0 saturated carbocycles. The molecule has 0 radical (unpaired) electrons. The smallest absolute Gasteiger partial charge is 0.355 e. The molecule has 0 saturated heterocycles. The number of esters is 1. The zero-order valence-corrected chi connectivity index (χ0v) is 13.0. The van der Waals surface area contributed by atoms with Crippen LogP contribution in [-0.2, 0) is 9.53 Å². The summed E-state index contributed by atoms with van der Waals surface area (Å²) < 4.78 is 10.2. The molecule has 1 atom stereocenters. The lowest BCUT2D eigenvalue weighted by atomic mass is 10.0. The molecule has 4 nitrogen and oxygen atoms in total. The predicted octanol–water partition coefficient (Wildman–Crippen LogP) is 3.45. The molecule has 1 unspecified atom stereocenters. The summed E-state index contributed by atoms with van der Waals surface area (Å²) in [4.78, 5) is 24.5. The van der Waals surface area contributed by atoms with Gasteiger partial charge in [-0.05, 0) is 36.8 Å². The maximum Gasteiger partial charge on any atom is 0.355 e. The number of ether oxygens (including phenoxy) is 2. The number of carbonyl (C=O) groups is 2. The number of Topliss-reactive ketones (excluding diaryl/α,β-unsaturated/α-hetero) is 1. The molecule has 2 aromatic rings. The minimum Gasteiger partial charge on any atom is -0.470 e. The molecule has 0 aliphatic carbocycles. The predicted molar refractivity (Wildman–Crippen MR) is 83.4 cm³/mol. The standard InChI is InChI=1S/C17H15ClO4/c1-11-5-3-4-6-14(11)15(19)16(17(20)21-2)22-13-9-7-12(18)8-10-13/h3-10,16H,1-2H3. The Kier molecular flexibility index (Phi) is 5.17. The van der Waals surface area contributed by atoms with E-state index in [1.165, 1.54) is 7.11 Å². The van der Waals surface area contributed by atoms with Gasteiger partial charge in [0.25, 0.3) is 6.10 Å². The number of halogens is 1. The molecule has 0 N–H and O–H groups in total. The van der Waals surface area contributed by atoms with Crippen molar-refractivity contribution in [3.05, 3.63) is 64.7 Å². The number of rotatable bonds is 5. The first-order valence-corrected chi connectivity index (χ1v) is 7.00. The third-order valence-corrected chi connectivity index (χ3v) is 3.38. The van der Waals surface area contributed by atoms with E-state index in [4.69, 9.17) is 16.3 Å². The number of benzene rings is 2. The van der Waals surface area contributed by atoms with Gasteiger partial charge in [0.15, 0.2) is 0 Å². The second kappa shape index (κ2) is 7.09. The van der Waals surface area contributed by atoms with Crippen LogP contribution in [-0.4, -0.2) is 25.0 Å². The van der Waals surface area contributed by atoms with Gasteiger partial charge in [-0.25, -0.2) is 4.79 Å². The van der Waals surface area contributed by atoms with Gasteiger partial charge in [0.1, 0.15) is 5.75 Å². The van der Waals surface area contributed by atoms with Crippen LogP contribution < -0.4 is 4.74 Å². The van der Waals surface area contributed by atoms with Crippen molar-refractivity contribution in [3.8, 4) is 5.75 Å². The average Bonchev–Trinajstić information content (AvgIpc) is 2.53. The minimum absolute atomic E-state index is 0.363. The molecule has 2 aromatic carbocycles. The van der Waals surface area contributed by atoms with E-state index >= 15 is 0 Å². The van der Waals surface area contributed by atoms with Crippen molar-refractivity contribution in [2.45, 2.75) is 13.0 Å². The second-order valence-corrected chi connectivity index (χ2v) is 5.09. The minimum atomic E-state index is -1.35. The lowest BCUT2D eigenvalue weighted by Crippen LogP contribution is -2.37. The van der Waals surface area contributed by atoms with E-state index in [2.05, 4.69) is 4.74 Å². The summed E-state index contributed by atoms with van der Waals surface area (Å²) in [6.45, 7) is 1.80. The van der Waals surface area contributed by atoms with E-state index in [9.17, 15) is 9.59 Å². The molecule has 0 fully saturated rings. The maximum atomic E-state index is 12.6. The molecule has 114 valence electrons. The van der Waals surface area contributed by atoms with E-state index in [0.29, 0.717) is 16.3 Å². The monoisotopic (exact) mass is 318 g/mol. The van der Waals surface area contributed by atoms with E-state index in [1.807, 2.05) is 6.07 Å². The third kappa shape index (κ3) is 3.65. The van der Waals surface area contributed by atoms with Crippen molar-refractivity contribution >= 4 is 23.4 Å². The Labute approximate surface area is 133 Å². The van der Waals surface area contributed by atoms with Crippen molar-refractivity contribution in [2.24, 2.45) is 0 Å². The number of ketones is 1. The summed E-state index contributed by atoms with van der Waals surface area (Å²) in [5, 5.41) is 0.534. The van der Waals surface area contributed by atoms with Crippen LogP contribution in [0.15, 0.2) is 48.5 Å².